The highest BCUT2D eigenvalue weighted by atomic mass is 16.1. The number of hydrogen-bond acceptors (Lipinski definition) is 4. The Morgan fingerprint density at radius 1 is 1.25 bits per heavy atom. The van der Waals surface area contributed by atoms with E-state index in [0.29, 0.717) is 17.6 Å². The van der Waals surface area contributed by atoms with Crippen LogP contribution in [0.5, 0.6) is 0 Å². The van der Waals surface area contributed by atoms with E-state index in [2.05, 4.69) is 12.1 Å². The minimum Gasteiger partial charge on any atom is -0.364 e. The van der Waals surface area contributed by atoms with Gasteiger partial charge < -0.3 is 4.90 Å². The standard InChI is InChI=1S/C16H21N3O/c1-5-14(9-17)11(2)15(10-18)12(3)19-8-6-7-16(19)13(4)20/h16H,5-8H2,1-4H3/b14-11-,15-12+. The van der Waals surface area contributed by atoms with E-state index in [9.17, 15) is 10.1 Å². The molecule has 0 N–H and O–H groups in total. The van der Waals surface area contributed by atoms with Crippen LogP contribution in [-0.4, -0.2) is 23.3 Å². The molecule has 0 saturated carbocycles. The molecular formula is C16H21N3O. The average molecular weight is 271 g/mol. The van der Waals surface area contributed by atoms with Crippen LogP contribution in [0.25, 0.3) is 0 Å². The lowest BCUT2D eigenvalue weighted by atomic mass is 9.99. The maximum atomic E-state index is 11.7. The van der Waals surface area contributed by atoms with E-state index >= 15 is 0 Å². The van der Waals surface area contributed by atoms with Crippen LogP contribution in [0, 0.1) is 22.7 Å². The molecule has 0 aliphatic carbocycles. The van der Waals surface area contributed by atoms with Gasteiger partial charge in [0.2, 0.25) is 0 Å². The number of hydrogen-bond donors (Lipinski definition) is 0. The van der Waals surface area contributed by atoms with E-state index in [1.807, 2.05) is 25.7 Å². The fourth-order valence-corrected chi connectivity index (χ4v) is 2.75. The van der Waals surface area contributed by atoms with Gasteiger partial charge in [-0.15, -0.1) is 0 Å². The van der Waals surface area contributed by atoms with Crippen LogP contribution in [0.3, 0.4) is 0 Å². The number of allylic oxidation sites excluding steroid dienone is 4. The number of rotatable bonds is 4. The van der Waals surface area contributed by atoms with Gasteiger partial charge in [0.1, 0.15) is 6.07 Å². The van der Waals surface area contributed by atoms with Crippen molar-refractivity contribution in [3.05, 3.63) is 22.4 Å². The zero-order valence-corrected chi connectivity index (χ0v) is 12.7. The molecule has 20 heavy (non-hydrogen) atoms. The summed E-state index contributed by atoms with van der Waals surface area (Å²) in [5, 5.41) is 18.5. The molecule has 0 aromatic carbocycles. The zero-order valence-electron chi connectivity index (χ0n) is 12.7. The maximum absolute atomic E-state index is 11.7. The van der Waals surface area contributed by atoms with Gasteiger partial charge in [0.15, 0.2) is 5.78 Å². The lowest BCUT2D eigenvalue weighted by Gasteiger charge is -2.26. The second kappa shape index (κ2) is 6.91. The molecule has 1 fully saturated rings. The fraction of sp³-hybridized carbons (Fsp3) is 0.562. The van der Waals surface area contributed by atoms with E-state index in [1.54, 1.807) is 6.92 Å². The first kappa shape index (κ1) is 16.0. The fourth-order valence-electron chi connectivity index (χ4n) is 2.75. The average Bonchev–Trinajstić information content (AvgIpc) is 2.90. The van der Waals surface area contributed by atoms with Crippen molar-refractivity contribution in [2.45, 2.75) is 53.0 Å². The second-order valence-electron chi connectivity index (χ2n) is 5.10. The van der Waals surface area contributed by atoms with Crippen molar-refractivity contribution in [3.8, 4) is 12.1 Å². The van der Waals surface area contributed by atoms with Gasteiger partial charge >= 0.3 is 0 Å². The number of nitriles is 2. The highest BCUT2D eigenvalue weighted by Crippen LogP contribution is 2.28. The molecule has 4 nitrogen and oxygen atoms in total. The number of nitrogens with zero attached hydrogens (tertiary/aromatic N) is 3. The van der Waals surface area contributed by atoms with Crippen molar-refractivity contribution in [3.63, 3.8) is 0 Å². The molecule has 1 atom stereocenters. The van der Waals surface area contributed by atoms with Crippen LogP contribution in [-0.2, 0) is 4.79 Å². The van der Waals surface area contributed by atoms with E-state index in [0.717, 1.165) is 30.7 Å². The van der Waals surface area contributed by atoms with Gasteiger partial charge in [0.25, 0.3) is 0 Å². The maximum Gasteiger partial charge on any atom is 0.152 e. The lowest BCUT2D eigenvalue weighted by molar-refractivity contribution is -0.120. The molecule has 106 valence electrons. The predicted octanol–water partition coefficient (Wildman–Crippen LogP) is 3.09. The Balaban J connectivity index is 3.28. The van der Waals surface area contributed by atoms with Gasteiger partial charge in [-0.3, -0.25) is 4.79 Å². The Bertz CT molecular complexity index is 543. The normalized spacial score (nSPS) is 20.7. The van der Waals surface area contributed by atoms with Crippen LogP contribution < -0.4 is 0 Å². The van der Waals surface area contributed by atoms with Crippen LogP contribution in [0.4, 0.5) is 0 Å². The minimum absolute atomic E-state index is 0.127. The van der Waals surface area contributed by atoms with Gasteiger partial charge in [-0.05, 0) is 45.6 Å². The van der Waals surface area contributed by atoms with Crippen molar-refractivity contribution in [1.82, 2.24) is 4.90 Å². The lowest BCUT2D eigenvalue weighted by Crippen LogP contribution is -2.34. The quantitative estimate of drug-likeness (QED) is 0.582. The smallest absolute Gasteiger partial charge is 0.152 e. The monoisotopic (exact) mass is 271 g/mol. The molecule has 0 radical (unpaired) electrons. The third-order valence-corrected chi connectivity index (χ3v) is 3.94. The molecule has 1 heterocycles. The Kier molecular flexibility index (Phi) is 5.53. The first-order valence-corrected chi connectivity index (χ1v) is 6.96. The Hall–Kier alpha value is -2.07. The summed E-state index contributed by atoms with van der Waals surface area (Å²) < 4.78 is 0. The number of carbonyl (C=O) groups excluding carboxylic acids is 1. The summed E-state index contributed by atoms with van der Waals surface area (Å²) in [5.74, 6) is 0.136. The molecule has 0 bridgehead atoms. The number of Topliss-reactive ketones (excluding diaryl/α,β-unsaturated/α-hetero) is 1. The molecule has 1 unspecified atom stereocenters. The van der Waals surface area contributed by atoms with Crippen molar-refractivity contribution in [1.29, 1.82) is 10.5 Å². The number of ketones is 1. The summed E-state index contributed by atoms with van der Waals surface area (Å²) in [6.07, 6.45) is 2.41. The Morgan fingerprint density at radius 2 is 1.90 bits per heavy atom. The van der Waals surface area contributed by atoms with Crippen LogP contribution in [0.2, 0.25) is 0 Å². The summed E-state index contributed by atoms with van der Waals surface area (Å²) in [5.41, 5.74) is 2.68. The van der Waals surface area contributed by atoms with Crippen molar-refractivity contribution >= 4 is 5.78 Å². The highest BCUT2D eigenvalue weighted by Gasteiger charge is 2.29. The van der Waals surface area contributed by atoms with E-state index < -0.39 is 0 Å². The molecule has 0 spiro atoms. The largest absolute Gasteiger partial charge is 0.364 e. The Labute approximate surface area is 121 Å². The Morgan fingerprint density at radius 3 is 2.35 bits per heavy atom. The van der Waals surface area contributed by atoms with E-state index in [4.69, 9.17) is 5.26 Å². The molecule has 0 amide bonds. The molecule has 1 aliphatic heterocycles. The van der Waals surface area contributed by atoms with Gasteiger partial charge in [-0.25, -0.2) is 0 Å². The van der Waals surface area contributed by atoms with Crippen LogP contribution >= 0.6 is 0 Å². The first-order valence-electron chi connectivity index (χ1n) is 6.96. The van der Waals surface area contributed by atoms with Gasteiger partial charge in [-0.1, -0.05) is 6.92 Å². The molecule has 1 saturated heterocycles. The summed E-state index contributed by atoms with van der Waals surface area (Å²) in [7, 11) is 0. The molecule has 1 rings (SSSR count). The topological polar surface area (TPSA) is 67.9 Å². The van der Waals surface area contributed by atoms with Crippen molar-refractivity contribution in [2.24, 2.45) is 0 Å². The van der Waals surface area contributed by atoms with Crippen molar-refractivity contribution in [2.75, 3.05) is 6.54 Å². The molecule has 1 aliphatic rings. The SMILES string of the molecule is CC/C(C#N)=C(C)/C(C#N)=C(\C)N1CCCC1C(C)=O. The number of likely N-dealkylation sites (tertiary alicyclic amines) is 1. The van der Waals surface area contributed by atoms with Gasteiger partial charge in [0, 0.05) is 17.8 Å². The van der Waals surface area contributed by atoms with Crippen LogP contribution in [0.1, 0.15) is 47.0 Å². The number of carbonyl (C=O) groups is 1. The summed E-state index contributed by atoms with van der Waals surface area (Å²) in [6, 6.07) is 4.23. The van der Waals surface area contributed by atoms with Gasteiger partial charge in [-0.2, -0.15) is 10.5 Å². The van der Waals surface area contributed by atoms with Crippen LogP contribution in [0.15, 0.2) is 22.4 Å². The second-order valence-corrected chi connectivity index (χ2v) is 5.10. The third-order valence-electron chi connectivity index (χ3n) is 3.94. The molecule has 0 aromatic rings. The molecule has 0 aromatic heterocycles. The molecule has 4 heteroatoms. The van der Waals surface area contributed by atoms with Gasteiger partial charge in [0.05, 0.1) is 17.7 Å². The molecular weight excluding hydrogens is 250 g/mol. The predicted molar refractivity (Wildman–Crippen MR) is 77.3 cm³/mol. The third kappa shape index (κ3) is 3.08. The summed E-state index contributed by atoms with van der Waals surface area (Å²) in [6.45, 7) is 7.97. The minimum atomic E-state index is -0.127. The van der Waals surface area contributed by atoms with Crippen molar-refractivity contribution < 1.29 is 4.79 Å². The highest BCUT2D eigenvalue weighted by molar-refractivity contribution is 5.82. The first-order chi connectivity index (χ1) is 9.47. The zero-order chi connectivity index (χ0) is 15.3. The van der Waals surface area contributed by atoms with E-state index in [-0.39, 0.29) is 11.8 Å². The van der Waals surface area contributed by atoms with E-state index in [1.165, 1.54) is 0 Å². The summed E-state index contributed by atoms with van der Waals surface area (Å²) in [4.78, 5) is 13.7. The summed E-state index contributed by atoms with van der Waals surface area (Å²) >= 11 is 0.